The van der Waals surface area contributed by atoms with E-state index in [0.717, 1.165) is 10.5 Å². The summed E-state index contributed by atoms with van der Waals surface area (Å²) in [6.07, 6.45) is 0.183. The van der Waals surface area contributed by atoms with Gasteiger partial charge in [-0.15, -0.1) is 0 Å². The average Bonchev–Trinajstić information content (AvgIpc) is 3.38. The second kappa shape index (κ2) is 6.21. The number of alkyl halides is 3. The van der Waals surface area contributed by atoms with Crippen LogP contribution in [0.1, 0.15) is 34.5 Å². The van der Waals surface area contributed by atoms with Gasteiger partial charge in [0.05, 0.1) is 11.1 Å². The first-order chi connectivity index (χ1) is 14.4. The van der Waals surface area contributed by atoms with Crippen LogP contribution in [0.25, 0.3) is 0 Å². The van der Waals surface area contributed by atoms with Crippen LogP contribution in [0.15, 0.2) is 24.7 Å². The maximum atomic E-state index is 13.1. The fourth-order valence-electron chi connectivity index (χ4n) is 3.36. The van der Waals surface area contributed by atoms with Gasteiger partial charge in [0.1, 0.15) is 23.0 Å². The Balaban J connectivity index is 1.74. The van der Waals surface area contributed by atoms with Crippen molar-refractivity contribution < 1.29 is 17.3 Å². The lowest BCUT2D eigenvalue weighted by atomic mass is 9.85. The van der Waals surface area contributed by atoms with Gasteiger partial charge >= 0.3 is 6.18 Å². The van der Waals surface area contributed by atoms with Gasteiger partial charge in [0.2, 0.25) is 5.95 Å². The first-order valence-electron chi connectivity index (χ1n) is 9.95. The van der Waals surface area contributed by atoms with E-state index in [0.29, 0.717) is 24.9 Å². The Labute approximate surface area is 163 Å². The van der Waals surface area contributed by atoms with E-state index in [1.807, 2.05) is 17.7 Å². The SMILES string of the molecule is [2H]C([2H])([2H])n1nc(C2(C)CCn3ccnc32)cc1Nc1ncc(C(F)(F)F)c(NC)n1. The normalized spacial score (nSPS) is 21.0. The lowest BCUT2D eigenvalue weighted by Crippen LogP contribution is -2.22. The van der Waals surface area contributed by atoms with Gasteiger partial charge in [-0.3, -0.25) is 4.68 Å². The molecular formula is C17H19F3N8. The number of anilines is 3. The number of halogens is 3. The molecule has 0 bridgehead atoms. The molecule has 3 aromatic heterocycles. The van der Waals surface area contributed by atoms with Crippen LogP contribution >= 0.6 is 0 Å². The number of nitrogens with zero attached hydrogens (tertiary/aromatic N) is 6. The van der Waals surface area contributed by atoms with E-state index in [2.05, 4.69) is 30.7 Å². The predicted octanol–water partition coefficient (Wildman–Crippen LogP) is 2.92. The highest BCUT2D eigenvalue weighted by Gasteiger charge is 2.40. The van der Waals surface area contributed by atoms with E-state index < -0.39 is 29.9 Å². The number of aromatic nitrogens is 6. The lowest BCUT2D eigenvalue weighted by Gasteiger charge is -2.19. The zero-order valence-electron chi connectivity index (χ0n) is 18.0. The van der Waals surface area contributed by atoms with Crippen molar-refractivity contribution in [3.05, 3.63) is 41.7 Å². The molecule has 0 saturated carbocycles. The van der Waals surface area contributed by atoms with Crippen LogP contribution in [0.2, 0.25) is 0 Å². The van der Waals surface area contributed by atoms with Crippen LogP contribution in [0.3, 0.4) is 0 Å². The molecule has 1 aliphatic heterocycles. The Hall–Kier alpha value is -3.11. The van der Waals surface area contributed by atoms with Gasteiger partial charge in [-0.25, -0.2) is 9.97 Å². The molecule has 1 atom stereocenters. The average molecular weight is 395 g/mol. The van der Waals surface area contributed by atoms with Gasteiger partial charge < -0.3 is 15.2 Å². The van der Waals surface area contributed by atoms with E-state index in [1.165, 1.54) is 13.1 Å². The summed E-state index contributed by atoms with van der Waals surface area (Å²) in [5.74, 6) is 0.155. The van der Waals surface area contributed by atoms with Crippen LogP contribution < -0.4 is 10.6 Å². The van der Waals surface area contributed by atoms with Gasteiger partial charge in [-0.05, 0) is 13.3 Å². The molecule has 8 nitrogen and oxygen atoms in total. The summed E-state index contributed by atoms with van der Waals surface area (Å²) < 4.78 is 65.5. The van der Waals surface area contributed by atoms with Crippen LogP contribution in [0, 0.1) is 0 Å². The molecule has 0 fully saturated rings. The van der Waals surface area contributed by atoms with Crippen molar-refractivity contribution in [2.24, 2.45) is 6.98 Å². The number of imidazole rings is 1. The molecule has 28 heavy (non-hydrogen) atoms. The zero-order valence-corrected chi connectivity index (χ0v) is 15.0. The minimum atomic E-state index is -4.64. The summed E-state index contributed by atoms with van der Waals surface area (Å²) in [5, 5.41) is 9.37. The van der Waals surface area contributed by atoms with Crippen molar-refractivity contribution in [2.75, 3.05) is 17.7 Å². The molecule has 4 heterocycles. The third-order valence-corrected chi connectivity index (χ3v) is 4.91. The van der Waals surface area contributed by atoms with Crippen LogP contribution in [0.4, 0.5) is 30.8 Å². The molecule has 0 aromatic carbocycles. The van der Waals surface area contributed by atoms with E-state index in [9.17, 15) is 13.2 Å². The van der Waals surface area contributed by atoms with Crippen LogP contribution in [0.5, 0.6) is 0 Å². The number of nitrogens with one attached hydrogen (secondary N) is 2. The van der Waals surface area contributed by atoms with Gasteiger partial charge in [0.15, 0.2) is 0 Å². The molecule has 0 saturated heterocycles. The van der Waals surface area contributed by atoms with Gasteiger partial charge in [-0.1, -0.05) is 0 Å². The molecule has 0 spiro atoms. The number of aryl methyl sites for hydroxylation is 2. The summed E-state index contributed by atoms with van der Waals surface area (Å²) >= 11 is 0. The third kappa shape index (κ3) is 2.86. The molecule has 0 aliphatic carbocycles. The summed E-state index contributed by atoms with van der Waals surface area (Å²) in [5.41, 5.74) is -1.18. The maximum Gasteiger partial charge on any atom is 0.421 e. The predicted molar refractivity (Wildman–Crippen MR) is 96.4 cm³/mol. The van der Waals surface area contributed by atoms with E-state index in [4.69, 9.17) is 4.11 Å². The smallest absolute Gasteiger partial charge is 0.372 e. The fraction of sp³-hybridized carbons (Fsp3) is 0.412. The molecule has 1 unspecified atom stereocenters. The highest BCUT2D eigenvalue weighted by molar-refractivity contribution is 5.55. The number of hydrogen-bond donors (Lipinski definition) is 2. The Bertz CT molecular complexity index is 1120. The van der Waals surface area contributed by atoms with Gasteiger partial charge in [0, 0.05) is 49.3 Å². The molecule has 0 amide bonds. The number of rotatable bonds is 4. The largest absolute Gasteiger partial charge is 0.421 e. The van der Waals surface area contributed by atoms with Crippen LogP contribution in [-0.4, -0.2) is 36.3 Å². The second-order valence-electron chi connectivity index (χ2n) is 6.68. The Morgan fingerprint density at radius 1 is 1.32 bits per heavy atom. The fourth-order valence-corrected chi connectivity index (χ4v) is 3.36. The molecule has 11 heteroatoms. The van der Waals surface area contributed by atoms with Gasteiger partial charge in [0.25, 0.3) is 0 Å². The molecule has 1 aliphatic rings. The van der Waals surface area contributed by atoms with Crippen molar-refractivity contribution in [3.63, 3.8) is 0 Å². The van der Waals surface area contributed by atoms with Crippen LogP contribution in [-0.2, 0) is 25.1 Å². The highest BCUT2D eigenvalue weighted by atomic mass is 19.4. The van der Waals surface area contributed by atoms with Crippen molar-refractivity contribution in [1.82, 2.24) is 29.3 Å². The van der Waals surface area contributed by atoms with E-state index >= 15 is 0 Å². The minimum Gasteiger partial charge on any atom is -0.372 e. The van der Waals surface area contributed by atoms with Crippen molar-refractivity contribution in [1.29, 1.82) is 0 Å². The Morgan fingerprint density at radius 3 is 2.86 bits per heavy atom. The third-order valence-electron chi connectivity index (χ3n) is 4.91. The quantitative estimate of drug-likeness (QED) is 0.707. The highest BCUT2D eigenvalue weighted by Crippen LogP contribution is 2.40. The second-order valence-corrected chi connectivity index (χ2v) is 6.68. The maximum absolute atomic E-state index is 13.1. The minimum absolute atomic E-state index is 0.0306. The molecule has 3 aromatic rings. The molecule has 148 valence electrons. The van der Waals surface area contributed by atoms with E-state index in [1.54, 1.807) is 6.20 Å². The Morgan fingerprint density at radius 2 is 2.14 bits per heavy atom. The summed E-state index contributed by atoms with van der Waals surface area (Å²) in [6, 6.07) is 1.54. The summed E-state index contributed by atoms with van der Waals surface area (Å²) in [7, 11) is 1.30. The standard InChI is InChI=1S/C17H19F3N8/c1-16(4-6-28-7-5-22-14(16)28)11-8-12(27(3)26-11)24-15-23-9-10(17(18,19)20)13(21-2)25-15/h5,7-9H,4,6H2,1-3H3,(H2,21,23,24,25)/i3D3. The molecular weight excluding hydrogens is 373 g/mol. The molecule has 2 N–H and O–H groups in total. The summed E-state index contributed by atoms with van der Waals surface area (Å²) in [6.45, 7) is -0.00593. The first kappa shape index (κ1) is 14.9. The first-order valence-corrected chi connectivity index (χ1v) is 8.45. The van der Waals surface area contributed by atoms with Gasteiger partial charge in [-0.2, -0.15) is 23.3 Å². The van der Waals surface area contributed by atoms with Crippen molar-refractivity contribution in [3.8, 4) is 0 Å². The van der Waals surface area contributed by atoms with Crippen molar-refractivity contribution in [2.45, 2.75) is 31.5 Å². The lowest BCUT2D eigenvalue weighted by molar-refractivity contribution is -0.137. The van der Waals surface area contributed by atoms with E-state index in [-0.39, 0.29) is 11.8 Å². The molecule has 4 rings (SSSR count). The number of hydrogen-bond acceptors (Lipinski definition) is 6. The Kier molecular flexibility index (Phi) is 3.30. The van der Waals surface area contributed by atoms with Crippen molar-refractivity contribution >= 4 is 17.6 Å². The number of fused-ring (bicyclic) bond motifs is 1. The molecule has 0 radical (unpaired) electrons. The monoisotopic (exact) mass is 395 g/mol. The topological polar surface area (TPSA) is 85.5 Å². The summed E-state index contributed by atoms with van der Waals surface area (Å²) in [4.78, 5) is 11.9. The zero-order chi connectivity index (χ0) is 22.6.